The Balaban J connectivity index is 1.59. The molecule has 0 atom stereocenters. The van der Waals surface area contributed by atoms with E-state index in [0.29, 0.717) is 29.0 Å². The molecule has 1 fully saturated rings. The van der Waals surface area contributed by atoms with Crippen LogP contribution in [0.3, 0.4) is 0 Å². The van der Waals surface area contributed by atoms with Gasteiger partial charge in [0, 0.05) is 18.7 Å². The summed E-state index contributed by atoms with van der Waals surface area (Å²) in [5.74, 6) is 0.648. The van der Waals surface area contributed by atoms with Crippen molar-refractivity contribution in [2.45, 2.75) is 19.8 Å². The van der Waals surface area contributed by atoms with Gasteiger partial charge in [-0.15, -0.1) is 0 Å². The molecule has 134 valence electrons. The first kappa shape index (κ1) is 16.7. The summed E-state index contributed by atoms with van der Waals surface area (Å²) in [5.41, 5.74) is 8.02. The molecule has 3 N–H and O–H groups in total. The van der Waals surface area contributed by atoms with Gasteiger partial charge in [0.25, 0.3) is 0 Å². The molecule has 7 heteroatoms. The van der Waals surface area contributed by atoms with Crippen LogP contribution in [-0.4, -0.2) is 45.6 Å². The van der Waals surface area contributed by atoms with E-state index in [-0.39, 0.29) is 11.2 Å². The fourth-order valence-electron chi connectivity index (χ4n) is 3.31. The van der Waals surface area contributed by atoms with Crippen molar-refractivity contribution in [1.82, 2.24) is 20.2 Å². The van der Waals surface area contributed by atoms with Crippen molar-refractivity contribution < 1.29 is 4.79 Å². The zero-order chi connectivity index (χ0) is 18.1. The summed E-state index contributed by atoms with van der Waals surface area (Å²) in [6.45, 7) is 4.74. The molecule has 26 heavy (non-hydrogen) atoms. The van der Waals surface area contributed by atoms with Crippen LogP contribution >= 0.6 is 0 Å². The van der Waals surface area contributed by atoms with Crippen molar-refractivity contribution in [1.29, 1.82) is 0 Å². The van der Waals surface area contributed by atoms with E-state index >= 15 is 0 Å². The fourth-order valence-corrected chi connectivity index (χ4v) is 3.31. The second-order valence-corrected chi connectivity index (χ2v) is 7.19. The third-order valence-corrected chi connectivity index (χ3v) is 5.30. The van der Waals surface area contributed by atoms with E-state index in [2.05, 4.69) is 32.0 Å². The van der Waals surface area contributed by atoms with Gasteiger partial charge < -0.3 is 10.6 Å². The van der Waals surface area contributed by atoms with Gasteiger partial charge in [0.15, 0.2) is 11.3 Å². The first-order valence-electron chi connectivity index (χ1n) is 8.85. The number of rotatable bonds is 4. The predicted octanol–water partition coefficient (Wildman–Crippen LogP) is 2.15. The van der Waals surface area contributed by atoms with Gasteiger partial charge in [0.05, 0.1) is 6.20 Å². The highest BCUT2D eigenvalue weighted by Gasteiger charge is 2.29. The molecule has 0 aliphatic carbocycles. The maximum absolute atomic E-state index is 12.6. The standard InChI is InChI=1S/C19H22N6O/c1-19(12-20)7-9-25(10-8-19)14-11-21-16-15(23-24-18(16)22-14)17(26)13-5-3-2-4-6-13/h2-6,11H,7-10,12,20H2,1H3,(H,22,23,24). The minimum atomic E-state index is -0.157. The molecule has 1 aromatic carbocycles. The molecule has 4 rings (SSSR count). The average Bonchev–Trinajstić information content (AvgIpc) is 3.12. The van der Waals surface area contributed by atoms with Crippen LogP contribution in [0.15, 0.2) is 36.5 Å². The van der Waals surface area contributed by atoms with E-state index in [0.717, 1.165) is 31.7 Å². The Kier molecular flexibility index (Phi) is 4.16. The van der Waals surface area contributed by atoms with Crippen LogP contribution in [0, 0.1) is 5.41 Å². The number of hydrogen-bond donors (Lipinski definition) is 2. The van der Waals surface area contributed by atoms with Gasteiger partial charge in [0.1, 0.15) is 11.3 Å². The Morgan fingerprint density at radius 2 is 2.00 bits per heavy atom. The van der Waals surface area contributed by atoms with Crippen LogP contribution in [0.1, 0.15) is 35.8 Å². The Morgan fingerprint density at radius 1 is 1.27 bits per heavy atom. The summed E-state index contributed by atoms with van der Waals surface area (Å²) in [6.07, 6.45) is 3.79. The number of nitrogens with two attached hydrogens (primary N) is 1. The minimum Gasteiger partial charge on any atom is -0.355 e. The number of nitrogens with one attached hydrogen (secondary N) is 1. The second kappa shape index (κ2) is 6.49. The molecule has 0 radical (unpaired) electrons. The maximum atomic E-state index is 12.6. The summed E-state index contributed by atoms with van der Waals surface area (Å²) < 4.78 is 0. The average molecular weight is 350 g/mol. The molecular formula is C19H22N6O. The van der Waals surface area contributed by atoms with E-state index in [9.17, 15) is 4.79 Å². The molecule has 0 spiro atoms. The summed E-state index contributed by atoms with van der Waals surface area (Å²) in [7, 11) is 0. The van der Waals surface area contributed by atoms with Crippen molar-refractivity contribution in [2.24, 2.45) is 11.1 Å². The smallest absolute Gasteiger partial charge is 0.215 e. The number of carbonyl (C=O) groups excluding carboxylic acids is 1. The predicted molar refractivity (Wildman–Crippen MR) is 100 cm³/mol. The van der Waals surface area contributed by atoms with Gasteiger partial charge in [-0.2, -0.15) is 5.10 Å². The van der Waals surface area contributed by atoms with E-state index in [4.69, 9.17) is 5.73 Å². The normalized spacial score (nSPS) is 16.8. The van der Waals surface area contributed by atoms with Crippen LogP contribution in [0.5, 0.6) is 0 Å². The number of aromatic nitrogens is 4. The van der Waals surface area contributed by atoms with Gasteiger partial charge in [0.2, 0.25) is 5.78 Å². The molecule has 1 aliphatic heterocycles. The van der Waals surface area contributed by atoms with Crippen LogP contribution in [0.4, 0.5) is 5.82 Å². The third kappa shape index (κ3) is 2.94. The maximum Gasteiger partial charge on any atom is 0.215 e. The van der Waals surface area contributed by atoms with Crippen molar-refractivity contribution in [3.8, 4) is 0 Å². The van der Waals surface area contributed by atoms with E-state index in [1.54, 1.807) is 18.3 Å². The van der Waals surface area contributed by atoms with Crippen LogP contribution in [0.2, 0.25) is 0 Å². The van der Waals surface area contributed by atoms with Gasteiger partial charge in [-0.1, -0.05) is 37.3 Å². The molecule has 3 aromatic rings. The first-order chi connectivity index (χ1) is 12.6. The number of carbonyl (C=O) groups is 1. The zero-order valence-electron chi connectivity index (χ0n) is 14.8. The van der Waals surface area contributed by atoms with Gasteiger partial charge in [-0.3, -0.25) is 9.89 Å². The number of piperidine rings is 1. The monoisotopic (exact) mass is 350 g/mol. The van der Waals surface area contributed by atoms with Crippen molar-refractivity contribution >= 4 is 22.8 Å². The molecule has 0 amide bonds. The third-order valence-electron chi connectivity index (χ3n) is 5.30. The molecule has 0 unspecified atom stereocenters. The lowest BCUT2D eigenvalue weighted by atomic mass is 9.80. The van der Waals surface area contributed by atoms with Crippen molar-refractivity contribution in [2.75, 3.05) is 24.5 Å². The van der Waals surface area contributed by atoms with E-state index < -0.39 is 0 Å². The number of H-pyrrole nitrogens is 1. The van der Waals surface area contributed by atoms with Crippen LogP contribution < -0.4 is 10.6 Å². The second-order valence-electron chi connectivity index (χ2n) is 7.19. The molecule has 7 nitrogen and oxygen atoms in total. The topological polar surface area (TPSA) is 101 Å². The van der Waals surface area contributed by atoms with Gasteiger partial charge >= 0.3 is 0 Å². The molecule has 0 bridgehead atoms. The van der Waals surface area contributed by atoms with E-state index in [1.807, 2.05) is 18.2 Å². The van der Waals surface area contributed by atoms with E-state index in [1.165, 1.54) is 0 Å². The lowest BCUT2D eigenvalue weighted by molar-refractivity contribution is 0.103. The van der Waals surface area contributed by atoms with Gasteiger partial charge in [-0.05, 0) is 24.8 Å². The first-order valence-corrected chi connectivity index (χ1v) is 8.85. The number of hydrogen-bond acceptors (Lipinski definition) is 6. The quantitative estimate of drug-likeness (QED) is 0.699. The Hall–Kier alpha value is -2.80. The minimum absolute atomic E-state index is 0.157. The number of aromatic amines is 1. The molecular weight excluding hydrogens is 328 g/mol. The Morgan fingerprint density at radius 3 is 2.69 bits per heavy atom. The summed E-state index contributed by atoms with van der Waals surface area (Å²) in [4.78, 5) is 24.0. The van der Waals surface area contributed by atoms with Crippen molar-refractivity contribution in [3.05, 3.63) is 47.8 Å². The number of nitrogens with zero attached hydrogens (tertiary/aromatic N) is 4. The highest BCUT2D eigenvalue weighted by Crippen LogP contribution is 2.31. The largest absolute Gasteiger partial charge is 0.355 e. The lowest BCUT2D eigenvalue weighted by Crippen LogP contribution is -2.42. The Labute approximate surface area is 151 Å². The highest BCUT2D eigenvalue weighted by atomic mass is 16.1. The Bertz CT molecular complexity index is 928. The molecule has 0 saturated carbocycles. The molecule has 2 aromatic heterocycles. The molecule has 1 aliphatic rings. The number of benzene rings is 1. The SMILES string of the molecule is CC1(CN)CCN(c2cnc3c(C(=O)c4ccccc4)n[nH]c3n2)CC1. The number of ketones is 1. The van der Waals surface area contributed by atoms with Crippen LogP contribution in [-0.2, 0) is 0 Å². The molecule has 1 saturated heterocycles. The van der Waals surface area contributed by atoms with Crippen LogP contribution in [0.25, 0.3) is 11.2 Å². The summed E-state index contributed by atoms with van der Waals surface area (Å²) >= 11 is 0. The highest BCUT2D eigenvalue weighted by molar-refractivity contribution is 6.13. The fraction of sp³-hybridized carbons (Fsp3) is 0.368. The summed E-state index contributed by atoms with van der Waals surface area (Å²) in [5, 5.41) is 7.01. The van der Waals surface area contributed by atoms with Gasteiger partial charge in [-0.25, -0.2) is 9.97 Å². The van der Waals surface area contributed by atoms with Crippen molar-refractivity contribution in [3.63, 3.8) is 0 Å². The lowest BCUT2D eigenvalue weighted by Gasteiger charge is -2.39. The number of fused-ring (bicyclic) bond motifs is 1. The molecule has 3 heterocycles. The number of anilines is 1. The zero-order valence-corrected chi connectivity index (χ0v) is 14.8. The summed E-state index contributed by atoms with van der Waals surface area (Å²) in [6, 6.07) is 9.08.